The van der Waals surface area contributed by atoms with Crippen LogP contribution >= 0.6 is 0 Å². The number of nitrogens with zero attached hydrogens (tertiary/aromatic N) is 2. The summed E-state index contributed by atoms with van der Waals surface area (Å²) in [6.07, 6.45) is 3.48. The summed E-state index contributed by atoms with van der Waals surface area (Å²) >= 11 is 0. The molecule has 0 bridgehead atoms. The molecule has 126 valence electrons. The Kier molecular flexibility index (Phi) is 5.42. The predicted molar refractivity (Wildman–Crippen MR) is 102 cm³/mol. The molecule has 2 aromatic carbocycles. The summed E-state index contributed by atoms with van der Waals surface area (Å²) < 4.78 is 5.89. The van der Waals surface area contributed by atoms with E-state index in [1.165, 1.54) is 16.7 Å². The Hall–Kier alpha value is -3.14. The van der Waals surface area contributed by atoms with E-state index in [9.17, 15) is 0 Å². The van der Waals surface area contributed by atoms with Gasteiger partial charge in [-0.05, 0) is 66.9 Å². The number of aromatic nitrogens is 1. The highest BCUT2D eigenvalue weighted by Gasteiger charge is 2.01. The molecular weight excluding hydrogens is 310 g/mol. The zero-order chi connectivity index (χ0) is 17.5. The van der Waals surface area contributed by atoms with Gasteiger partial charge in [0.25, 0.3) is 0 Å². The van der Waals surface area contributed by atoms with Gasteiger partial charge in [-0.1, -0.05) is 29.8 Å². The number of pyridine rings is 1. The maximum Gasteiger partial charge on any atom is 0.146 e. The second-order valence-corrected chi connectivity index (χ2v) is 5.87. The van der Waals surface area contributed by atoms with Gasteiger partial charge in [-0.3, -0.25) is 5.43 Å². The third-order valence-electron chi connectivity index (χ3n) is 3.84. The number of aryl methyl sites for hydroxylation is 2. The molecule has 0 saturated heterocycles. The van der Waals surface area contributed by atoms with E-state index in [0.717, 1.165) is 11.3 Å². The van der Waals surface area contributed by atoms with E-state index in [0.29, 0.717) is 12.4 Å². The Balaban J connectivity index is 1.56. The smallest absolute Gasteiger partial charge is 0.146 e. The Morgan fingerprint density at radius 3 is 2.64 bits per heavy atom. The molecule has 25 heavy (non-hydrogen) atoms. The molecule has 1 heterocycles. The Morgan fingerprint density at radius 1 is 1.04 bits per heavy atom. The van der Waals surface area contributed by atoms with E-state index in [4.69, 9.17) is 4.74 Å². The van der Waals surface area contributed by atoms with Crippen LogP contribution in [0.5, 0.6) is 5.75 Å². The average Bonchev–Trinajstić information content (AvgIpc) is 2.64. The van der Waals surface area contributed by atoms with Crippen LogP contribution in [0, 0.1) is 13.8 Å². The molecule has 0 aliphatic rings. The molecule has 0 aliphatic heterocycles. The Labute approximate surface area is 148 Å². The summed E-state index contributed by atoms with van der Waals surface area (Å²) in [4.78, 5) is 4.15. The van der Waals surface area contributed by atoms with Crippen molar-refractivity contribution in [1.82, 2.24) is 4.98 Å². The fraction of sp³-hybridized carbons (Fsp3) is 0.143. The average molecular weight is 331 g/mol. The number of anilines is 1. The molecule has 0 unspecified atom stereocenters. The molecule has 0 atom stereocenters. The van der Waals surface area contributed by atoms with Crippen molar-refractivity contribution in [1.29, 1.82) is 0 Å². The van der Waals surface area contributed by atoms with Crippen molar-refractivity contribution < 1.29 is 4.74 Å². The number of hydrogen-bond acceptors (Lipinski definition) is 4. The van der Waals surface area contributed by atoms with Crippen molar-refractivity contribution >= 4 is 12.0 Å². The molecule has 0 radical (unpaired) electrons. The van der Waals surface area contributed by atoms with E-state index in [-0.39, 0.29) is 0 Å². The van der Waals surface area contributed by atoms with Gasteiger partial charge in [0.15, 0.2) is 0 Å². The summed E-state index contributed by atoms with van der Waals surface area (Å²) in [5.74, 6) is 1.56. The Morgan fingerprint density at radius 2 is 1.88 bits per heavy atom. The molecule has 3 rings (SSSR count). The molecule has 1 N–H and O–H groups in total. The first-order valence-electron chi connectivity index (χ1n) is 8.20. The number of rotatable bonds is 6. The van der Waals surface area contributed by atoms with Crippen LogP contribution in [0.1, 0.15) is 22.3 Å². The van der Waals surface area contributed by atoms with Gasteiger partial charge in [0.05, 0.1) is 6.21 Å². The molecular formula is C21H21N3O. The van der Waals surface area contributed by atoms with Gasteiger partial charge >= 0.3 is 0 Å². The first-order chi connectivity index (χ1) is 12.2. The standard InChI is InChI=1S/C21H21N3O/c1-16-6-7-17(2)19(13-16)15-25-20-10-8-18(9-11-20)14-23-24-21-5-3-4-12-22-21/h3-14H,15H2,1-2H3,(H,22,24). The lowest BCUT2D eigenvalue weighted by atomic mass is 10.1. The summed E-state index contributed by atoms with van der Waals surface area (Å²) in [7, 11) is 0. The molecule has 0 saturated carbocycles. The van der Waals surface area contributed by atoms with E-state index in [1.54, 1.807) is 12.4 Å². The molecule has 4 heteroatoms. The summed E-state index contributed by atoms with van der Waals surface area (Å²) in [5.41, 5.74) is 7.59. The predicted octanol–water partition coefficient (Wildman–Crippen LogP) is 4.72. The van der Waals surface area contributed by atoms with Crippen LogP contribution in [-0.2, 0) is 6.61 Å². The monoisotopic (exact) mass is 331 g/mol. The highest BCUT2D eigenvalue weighted by molar-refractivity contribution is 5.80. The molecule has 0 fully saturated rings. The molecule has 0 amide bonds. The highest BCUT2D eigenvalue weighted by atomic mass is 16.5. The van der Waals surface area contributed by atoms with Crippen LogP contribution in [0.15, 0.2) is 72.0 Å². The maximum atomic E-state index is 5.89. The third kappa shape index (κ3) is 4.91. The zero-order valence-electron chi connectivity index (χ0n) is 14.4. The van der Waals surface area contributed by atoms with Crippen LogP contribution in [0.25, 0.3) is 0 Å². The molecule has 4 nitrogen and oxygen atoms in total. The van der Waals surface area contributed by atoms with E-state index in [2.05, 4.69) is 47.6 Å². The second-order valence-electron chi connectivity index (χ2n) is 5.87. The Bertz CT molecular complexity index is 843. The quantitative estimate of drug-likeness (QED) is 0.525. The molecule has 0 aliphatic carbocycles. The fourth-order valence-electron chi connectivity index (χ4n) is 2.37. The lowest BCUT2D eigenvalue weighted by Gasteiger charge is -2.09. The van der Waals surface area contributed by atoms with Crippen molar-refractivity contribution in [2.75, 3.05) is 5.43 Å². The number of ether oxygens (including phenoxy) is 1. The molecule has 0 spiro atoms. The van der Waals surface area contributed by atoms with E-state index < -0.39 is 0 Å². The van der Waals surface area contributed by atoms with E-state index >= 15 is 0 Å². The van der Waals surface area contributed by atoms with Crippen molar-refractivity contribution in [3.8, 4) is 5.75 Å². The van der Waals surface area contributed by atoms with Crippen LogP contribution in [0.4, 0.5) is 5.82 Å². The highest BCUT2D eigenvalue weighted by Crippen LogP contribution is 2.16. The topological polar surface area (TPSA) is 46.5 Å². The third-order valence-corrected chi connectivity index (χ3v) is 3.84. The SMILES string of the molecule is Cc1ccc(C)c(COc2ccc(C=NNc3ccccn3)cc2)c1. The minimum atomic E-state index is 0.572. The maximum absolute atomic E-state index is 5.89. The van der Waals surface area contributed by atoms with Crippen molar-refractivity contribution in [3.63, 3.8) is 0 Å². The lowest BCUT2D eigenvalue weighted by molar-refractivity contribution is 0.305. The second kappa shape index (κ2) is 8.11. The number of benzene rings is 2. The first-order valence-corrected chi connectivity index (χ1v) is 8.20. The van der Waals surface area contributed by atoms with Gasteiger partial charge < -0.3 is 4.74 Å². The van der Waals surface area contributed by atoms with Crippen LogP contribution in [-0.4, -0.2) is 11.2 Å². The van der Waals surface area contributed by atoms with Gasteiger partial charge in [0.2, 0.25) is 0 Å². The number of hydrazone groups is 1. The van der Waals surface area contributed by atoms with Crippen molar-refractivity contribution in [3.05, 3.63) is 89.1 Å². The zero-order valence-corrected chi connectivity index (χ0v) is 14.4. The summed E-state index contributed by atoms with van der Waals surface area (Å²) in [6.45, 7) is 4.77. The van der Waals surface area contributed by atoms with Gasteiger partial charge in [-0.2, -0.15) is 5.10 Å². The number of hydrogen-bond donors (Lipinski definition) is 1. The van der Waals surface area contributed by atoms with Crippen molar-refractivity contribution in [2.45, 2.75) is 20.5 Å². The summed E-state index contributed by atoms with van der Waals surface area (Å²) in [5, 5.41) is 4.18. The first kappa shape index (κ1) is 16.7. The van der Waals surface area contributed by atoms with Crippen LogP contribution in [0.3, 0.4) is 0 Å². The van der Waals surface area contributed by atoms with Gasteiger partial charge in [0, 0.05) is 6.20 Å². The number of nitrogens with one attached hydrogen (secondary N) is 1. The van der Waals surface area contributed by atoms with Crippen LogP contribution in [0.2, 0.25) is 0 Å². The van der Waals surface area contributed by atoms with Gasteiger partial charge in [0.1, 0.15) is 18.2 Å². The minimum absolute atomic E-state index is 0.572. The molecule has 1 aromatic heterocycles. The minimum Gasteiger partial charge on any atom is -0.489 e. The fourth-order valence-corrected chi connectivity index (χ4v) is 2.37. The normalized spacial score (nSPS) is 10.8. The lowest BCUT2D eigenvalue weighted by Crippen LogP contribution is -1.98. The van der Waals surface area contributed by atoms with Crippen LogP contribution < -0.4 is 10.2 Å². The van der Waals surface area contributed by atoms with Gasteiger partial charge in [-0.15, -0.1) is 0 Å². The van der Waals surface area contributed by atoms with E-state index in [1.807, 2.05) is 42.5 Å². The van der Waals surface area contributed by atoms with Crippen molar-refractivity contribution in [2.24, 2.45) is 5.10 Å². The van der Waals surface area contributed by atoms with Gasteiger partial charge in [-0.25, -0.2) is 4.98 Å². The summed E-state index contributed by atoms with van der Waals surface area (Å²) in [6, 6.07) is 19.9. The largest absolute Gasteiger partial charge is 0.489 e. The molecule has 3 aromatic rings.